The van der Waals surface area contributed by atoms with Gasteiger partial charge in [-0.2, -0.15) is 0 Å². The summed E-state index contributed by atoms with van der Waals surface area (Å²) in [5.41, 5.74) is 6.93. The van der Waals surface area contributed by atoms with Crippen LogP contribution in [0.3, 0.4) is 0 Å². The molecule has 1 atom stereocenters. The number of nitrogens with two attached hydrogens (primary N) is 1. The molecular weight excluding hydrogens is 264 g/mol. The minimum Gasteiger partial charge on any atom is -0.484 e. The fourth-order valence-corrected chi connectivity index (χ4v) is 2.54. The third kappa shape index (κ3) is 4.21. The third-order valence-corrected chi connectivity index (χ3v) is 4.03. The summed E-state index contributed by atoms with van der Waals surface area (Å²) in [6.45, 7) is 8.80. The standard InChI is InChI=1S/C17H26N2O2/c1-17(2,3)14-5-4-6-15(9-14)21-12-16(20)19-8-7-13(10-18)11-19/h4-6,9,13H,7-8,10-12,18H2,1-3H3. The number of hydrogen-bond donors (Lipinski definition) is 1. The van der Waals surface area contributed by atoms with E-state index in [1.54, 1.807) is 0 Å². The van der Waals surface area contributed by atoms with E-state index in [9.17, 15) is 4.79 Å². The monoisotopic (exact) mass is 290 g/mol. The molecule has 2 rings (SSSR count). The summed E-state index contributed by atoms with van der Waals surface area (Å²) in [4.78, 5) is 14.0. The molecule has 0 saturated carbocycles. The van der Waals surface area contributed by atoms with Crippen molar-refractivity contribution in [2.75, 3.05) is 26.2 Å². The van der Waals surface area contributed by atoms with E-state index in [1.165, 1.54) is 5.56 Å². The first-order valence-electron chi connectivity index (χ1n) is 7.61. The molecule has 1 aromatic rings. The van der Waals surface area contributed by atoms with Gasteiger partial charge in [0.25, 0.3) is 5.91 Å². The lowest BCUT2D eigenvalue weighted by molar-refractivity contribution is -0.132. The van der Waals surface area contributed by atoms with Crippen LogP contribution in [0, 0.1) is 5.92 Å². The van der Waals surface area contributed by atoms with Gasteiger partial charge in [-0.05, 0) is 42.0 Å². The molecule has 1 fully saturated rings. The van der Waals surface area contributed by atoms with E-state index in [0.717, 1.165) is 25.3 Å². The predicted molar refractivity (Wildman–Crippen MR) is 84.4 cm³/mol. The van der Waals surface area contributed by atoms with Crippen LogP contribution in [-0.2, 0) is 10.2 Å². The number of carbonyl (C=O) groups excluding carboxylic acids is 1. The number of ether oxygens (including phenoxy) is 1. The van der Waals surface area contributed by atoms with Crippen molar-refractivity contribution in [1.29, 1.82) is 0 Å². The smallest absolute Gasteiger partial charge is 0.260 e. The Bertz CT molecular complexity index is 494. The Labute approximate surface area is 127 Å². The lowest BCUT2D eigenvalue weighted by Crippen LogP contribution is -2.33. The molecule has 1 saturated heterocycles. The summed E-state index contributed by atoms with van der Waals surface area (Å²) < 4.78 is 5.66. The Kier molecular flexibility index (Phi) is 4.88. The summed E-state index contributed by atoms with van der Waals surface area (Å²) in [6, 6.07) is 7.97. The van der Waals surface area contributed by atoms with Gasteiger partial charge in [0, 0.05) is 13.1 Å². The summed E-state index contributed by atoms with van der Waals surface area (Å²) >= 11 is 0. The summed E-state index contributed by atoms with van der Waals surface area (Å²) in [5, 5.41) is 0. The van der Waals surface area contributed by atoms with Gasteiger partial charge in [0.05, 0.1) is 0 Å². The van der Waals surface area contributed by atoms with Crippen molar-refractivity contribution in [2.45, 2.75) is 32.6 Å². The highest BCUT2D eigenvalue weighted by Gasteiger charge is 2.25. The Balaban J connectivity index is 1.90. The number of nitrogens with zero attached hydrogens (tertiary/aromatic N) is 1. The molecular formula is C17H26N2O2. The first-order valence-corrected chi connectivity index (χ1v) is 7.61. The van der Waals surface area contributed by atoms with Crippen LogP contribution in [0.2, 0.25) is 0 Å². The SMILES string of the molecule is CC(C)(C)c1cccc(OCC(=O)N2CCC(CN)C2)c1. The van der Waals surface area contributed by atoms with Crippen molar-refractivity contribution in [3.05, 3.63) is 29.8 Å². The van der Waals surface area contributed by atoms with Gasteiger partial charge in [0.2, 0.25) is 0 Å². The molecule has 1 heterocycles. The van der Waals surface area contributed by atoms with E-state index in [4.69, 9.17) is 10.5 Å². The molecule has 0 bridgehead atoms. The fraction of sp³-hybridized carbons (Fsp3) is 0.588. The predicted octanol–water partition coefficient (Wildman–Crippen LogP) is 2.17. The number of rotatable bonds is 4. The van der Waals surface area contributed by atoms with E-state index < -0.39 is 0 Å². The number of likely N-dealkylation sites (tertiary alicyclic amines) is 1. The number of hydrogen-bond acceptors (Lipinski definition) is 3. The van der Waals surface area contributed by atoms with Crippen molar-refractivity contribution >= 4 is 5.91 Å². The van der Waals surface area contributed by atoms with Crippen molar-refractivity contribution in [3.8, 4) is 5.75 Å². The molecule has 0 radical (unpaired) electrons. The lowest BCUT2D eigenvalue weighted by atomic mass is 9.87. The van der Waals surface area contributed by atoms with Crippen LogP contribution in [0.1, 0.15) is 32.8 Å². The zero-order chi connectivity index (χ0) is 15.5. The van der Waals surface area contributed by atoms with Crippen LogP contribution in [-0.4, -0.2) is 37.0 Å². The number of amides is 1. The van der Waals surface area contributed by atoms with Crippen molar-refractivity contribution in [1.82, 2.24) is 4.90 Å². The molecule has 0 aromatic heterocycles. The van der Waals surface area contributed by atoms with Gasteiger partial charge in [0.15, 0.2) is 6.61 Å². The second-order valence-electron chi connectivity index (χ2n) is 6.80. The van der Waals surface area contributed by atoms with Crippen molar-refractivity contribution in [2.24, 2.45) is 11.7 Å². The Morgan fingerprint density at radius 3 is 2.81 bits per heavy atom. The molecule has 0 spiro atoms. The van der Waals surface area contributed by atoms with Crippen LogP contribution < -0.4 is 10.5 Å². The molecule has 116 valence electrons. The Morgan fingerprint density at radius 2 is 2.19 bits per heavy atom. The Morgan fingerprint density at radius 1 is 1.43 bits per heavy atom. The van der Waals surface area contributed by atoms with Gasteiger partial charge >= 0.3 is 0 Å². The van der Waals surface area contributed by atoms with E-state index in [0.29, 0.717) is 12.5 Å². The van der Waals surface area contributed by atoms with Gasteiger partial charge in [-0.3, -0.25) is 4.79 Å². The van der Waals surface area contributed by atoms with E-state index in [1.807, 2.05) is 23.1 Å². The van der Waals surface area contributed by atoms with Crippen molar-refractivity contribution in [3.63, 3.8) is 0 Å². The highest BCUT2D eigenvalue weighted by Crippen LogP contribution is 2.25. The molecule has 1 unspecified atom stereocenters. The van der Waals surface area contributed by atoms with Gasteiger partial charge in [0.1, 0.15) is 5.75 Å². The average molecular weight is 290 g/mol. The minimum absolute atomic E-state index is 0.0483. The maximum absolute atomic E-state index is 12.1. The topological polar surface area (TPSA) is 55.6 Å². The highest BCUT2D eigenvalue weighted by atomic mass is 16.5. The molecule has 1 aromatic carbocycles. The lowest BCUT2D eigenvalue weighted by Gasteiger charge is -2.20. The largest absolute Gasteiger partial charge is 0.484 e. The maximum Gasteiger partial charge on any atom is 0.260 e. The zero-order valence-electron chi connectivity index (χ0n) is 13.3. The van der Waals surface area contributed by atoms with Gasteiger partial charge in [-0.1, -0.05) is 32.9 Å². The molecule has 4 nitrogen and oxygen atoms in total. The number of benzene rings is 1. The number of carbonyl (C=O) groups is 1. The third-order valence-electron chi connectivity index (χ3n) is 4.03. The second-order valence-corrected chi connectivity index (χ2v) is 6.80. The van der Waals surface area contributed by atoms with Gasteiger partial charge in [-0.15, -0.1) is 0 Å². The average Bonchev–Trinajstić information content (AvgIpc) is 2.93. The van der Waals surface area contributed by atoms with Gasteiger partial charge in [-0.25, -0.2) is 0 Å². The van der Waals surface area contributed by atoms with Crippen LogP contribution in [0.4, 0.5) is 0 Å². The van der Waals surface area contributed by atoms with E-state index in [2.05, 4.69) is 26.8 Å². The summed E-state index contributed by atoms with van der Waals surface area (Å²) in [5.74, 6) is 1.25. The first-order chi connectivity index (χ1) is 9.90. The Hall–Kier alpha value is -1.55. The maximum atomic E-state index is 12.1. The molecule has 1 aliphatic heterocycles. The quantitative estimate of drug-likeness (QED) is 0.924. The van der Waals surface area contributed by atoms with E-state index in [-0.39, 0.29) is 17.9 Å². The zero-order valence-corrected chi connectivity index (χ0v) is 13.3. The summed E-state index contributed by atoms with van der Waals surface area (Å²) in [7, 11) is 0. The first kappa shape index (κ1) is 15.8. The molecule has 1 aliphatic rings. The van der Waals surface area contributed by atoms with Crippen LogP contribution in [0.5, 0.6) is 5.75 Å². The molecule has 21 heavy (non-hydrogen) atoms. The molecule has 2 N–H and O–H groups in total. The van der Waals surface area contributed by atoms with Crippen molar-refractivity contribution < 1.29 is 9.53 Å². The van der Waals surface area contributed by atoms with Gasteiger partial charge < -0.3 is 15.4 Å². The molecule has 0 aliphatic carbocycles. The normalized spacial score (nSPS) is 18.9. The highest BCUT2D eigenvalue weighted by molar-refractivity contribution is 5.78. The van der Waals surface area contributed by atoms with Crippen LogP contribution >= 0.6 is 0 Å². The summed E-state index contributed by atoms with van der Waals surface area (Å²) in [6.07, 6.45) is 1.00. The minimum atomic E-state index is 0.0483. The fourth-order valence-electron chi connectivity index (χ4n) is 2.54. The van der Waals surface area contributed by atoms with Crippen LogP contribution in [0.25, 0.3) is 0 Å². The molecule has 4 heteroatoms. The van der Waals surface area contributed by atoms with Crippen LogP contribution in [0.15, 0.2) is 24.3 Å². The second kappa shape index (κ2) is 6.48. The van der Waals surface area contributed by atoms with E-state index >= 15 is 0 Å². The molecule has 1 amide bonds.